The molecule has 0 fully saturated rings. The Morgan fingerprint density at radius 1 is 1.73 bits per heavy atom. The minimum absolute atomic E-state index is 0.0273. The van der Waals surface area contributed by atoms with E-state index < -0.39 is 10.8 Å². The molecule has 0 aromatic heterocycles. The van der Waals surface area contributed by atoms with Crippen molar-refractivity contribution in [3.63, 3.8) is 0 Å². The predicted molar refractivity (Wildman–Crippen MR) is 50.4 cm³/mol. The largest absolute Gasteiger partial charge is 0.352 e. The average Bonchev–Trinajstić information content (AvgIpc) is 1.85. The highest BCUT2D eigenvalue weighted by Gasteiger charge is 2.06. The Morgan fingerprint density at radius 2 is 2.27 bits per heavy atom. The molecule has 0 aromatic carbocycles. The molecule has 0 aliphatic heterocycles. The van der Waals surface area contributed by atoms with Crippen LogP contribution in [0.1, 0.15) is 6.92 Å². The highest BCUT2D eigenvalue weighted by molar-refractivity contribution is 7.84. The number of carbonyl (C=O) groups is 1. The van der Waals surface area contributed by atoms with Gasteiger partial charge in [0, 0.05) is 28.9 Å². The van der Waals surface area contributed by atoms with E-state index in [0.29, 0.717) is 5.75 Å². The first-order chi connectivity index (χ1) is 5.06. The molecule has 0 aliphatic rings. The molecule has 1 amide bonds. The standard InChI is InChI=1S/C6H13NO2S2/c1-5(4-11(2)9)7-6(8)3-10/h5,10H,3-4H2,1-2H3,(H,7,8). The fourth-order valence-electron chi connectivity index (χ4n) is 0.714. The lowest BCUT2D eigenvalue weighted by atomic mass is 10.4. The molecule has 66 valence electrons. The number of hydrogen-bond donors (Lipinski definition) is 2. The summed E-state index contributed by atoms with van der Waals surface area (Å²) in [7, 11) is -0.854. The van der Waals surface area contributed by atoms with Crippen LogP contribution in [0.25, 0.3) is 0 Å². The zero-order chi connectivity index (χ0) is 8.85. The van der Waals surface area contributed by atoms with E-state index in [4.69, 9.17) is 0 Å². The van der Waals surface area contributed by atoms with Crippen molar-refractivity contribution in [2.24, 2.45) is 0 Å². The van der Waals surface area contributed by atoms with Crippen molar-refractivity contribution < 1.29 is 9.00 Å². The Hall–Kier alpha value is -0.0300. The van der Waals surface area contributed by atoms with Gasteiger partial charge in [0.05, 0.1) is 5.75 Å². The van der Waals surface area contributed by atoms with Gasteiger partial charge in [-0.15, -0.1) is 0 Å². The van der Waals surface area contributed by atoms with Crippen LogP contribution in [0.3, 0.4) is 0 Å². The molecule has 0 spiro atoms. The molecular weight excluding hydrogens is 182 g/mol. The van der Waals surface area contributed by atoms with Gasteiger partial charge in [-0.05, 0) is 6.92 Å². The Balaban J connectivity index is 3.60. The Labute approximate surface area is 74.8 Å². The zero-order valence-corrected chi connectivity index (χ0v) is 8.37. The van der Waals surface area contributed by atoms with Crippen LogP contribution in [0.2, 0.25) is 0 Å². The van der Waals surface area contributed by atoms with Crippen molar-refractivity contribution in [1.29, 1.82) is 0 Å². The molecular formula is C6H13NO2S2. The number of amides is 1. The number of hydrogen-bond acceptors (Lipinski definition) is 3. The summed E-state index contributed by atoms with van der Waals surface area (Å²) in [5, 5.41) is 2.65. The third-order valence-corrected chi connectivity index (χ3v) is 2.29. The fraction of sp³-hybridized carbons (Fsp3) is 0.833. The molecule has 2 unspecified atom stereocenters. The van der Waals surface area contributed by atoms with Crippen LogP contribution >= 0.6 is 12.6 Å². The molecule has 1 N–H and O–H groups in total. The number of thiol groups is 1. The normalized spacial score (nSPS) is 15.5. The molecule has 0 saturated carbocycles. The number of nitrogens with one attached hydrogen (secondary N) is 1. The summed E-state index contributed by atoms with van der Waals surface area (Å²) in [6.45, 7) is 1.82. The molecule has 0 bridgehead atoms. The molecule has 11 heavy (non-hydrogen) atoms. The Kier molecular flexibility index (Phi) is 5.58. The van der Waals surface area contributed by atoms with Gasteiger partial charge in [0.1, 0.15) is 0 Å². The minimum Gasteiger partial charge on any atom is -0.352 e. The van der Waals surface area contributed by atoms with E-state index in [1.165, 1.54) is 0 Å². The first-order valence-corrected chi connectivity index (χ1v) is 5.62. The summed E-state index contributed by atoms with van der Waals surface area (Å²) in [6, 6.07) is -0.0273. The first kappa shape index (κ1) is 11.0. The molecule has 0 radical (unpaired) electrons. The van der Waals surface area contributed by atoms with Gasteiger partial charge in [-0.25, -0.2) is 0 Å². The fourth-order valence-corrected chi connectivity index (χ4v) is 1.59. The predicted octanol–water partition coefficient (Wildman–Crippen LogP) is -0.201. The van der Waals surface area contributed by atoms with E-state index in [2.05, 4.69) is 17.9 Å². The van der Waals surface area contributed by atoms with Crippen LogP contribution in [-0.4, -0.2) is 33.9 Å². The second-order valence-electron chi connectivity index (χ2n) is 2.37. The van der Waals surface area contributed by atoms with Crippen LogP contribution in [-0.2, 0) is 15.6 Å². The van der Waals surface area contributed by atoms with E-state index >= 15 is 0 Å². The summed E-state index contributed by atoms with van der Waals surface area (Å²) in [5.41, 5.74) is 0. The van der Waals surface area contributed by atoms with Crippen LogP contribution < -0.4 is 5.32 Å². The summed E-state index contributed by atoms with van der Waals surface area (Å²) in [6.07, 6.45) is 1.61. The van der Waals surface area contributed by atoms with Gasteiger partial charge in [-0.3, -0.25) is 9.00 Å². The highest BCUT2D eigenvalue weighted by Crippen LogP contribution is 1.86. The van der Waals surface area contributed by atoms with E-state index in [1.807, 2.05) is 6.92 Å². The molecule has 0 heterocycles. The summed E-state index contributed by atoms with van der Waals surface area (Å²) in [5.74, 6) is 0.562. The van der Waals surface area contributed by atoms with Gasteiger partial charge in [-0.1, -0.05) is 0 Å². The van der Waals surface area contributed by atoms with Crippen LogP contribution in [0.4, 0.5) is 0 Å². The Bertz CT molecular complexity index is 161. The van der Waals surface area contributed by atoms with Crippen LogP contribution in [0, 0.1) is 0 Å². The molecule has 0 aromatic rings. The molecule has 0 saturated heterocycles. The molecule has 0 aliphatic carbocycles. The SMILES string of the molecule is CC(CS(C)=O)NC(=O)CS. The van der Waals surface area contributed by atoms with Gasteiger partial charge in [0.2, 0.25) is 5.91 Å². The highest BCUT2D eigenvalue weighted by atomic mass is 32.2. The van der Waals surface area contributed by atoms with Gasteiger partial charge < -0.3 is 5.32 Å². The molecule has 5 heteroatoms. The van der Waals surface area contributed by atoms with Gasteiger partial charge in [0.15, 0.2) is 0 Å². The first-order valence-electron chi connectivity index (χ1n) is 3.26. The van der Waals surface area contributed by atoms with E-state index in [-0.39, 0.29) is 17.7 Å². The summed E-state index contributed by atoms with van der Waals surface area (Å²) < 4.78 is 10.7. The van der Waals surface area contributed by atoms with Crippen molar-refractivity contribution in [2.45, 2.75) is 13.0 Å². The number of carbonyl (C=O) groups excluding carboxylic acids is 1. The topological polar surface area (TPSA) is 46.2 Å². The van der Waals surface area contributed by atoms with Crippen molar-refractivity contribution in [3.8, 4) is 0 Å². The van der Waals surface area contributed by atoms with Gasteiger partial charge in [-0.2, -0.15) is 12.6 Å². The third-order valence-electron chi connectivity index (χ3n) is 1.04. The zero-order valence-electron chi connectivity index (χ0n) is 6.66. The van der Waals surface area contributed by atoms with E-state index in [0.717, 1.165) is 0 Å². The summed E-state index contributed by atoms with van der Waals surface area (Å²) in [4.78, 5) is 10.7. The monoisotopic (exact) mass is 195 g/mol. The Morgan fingerprint density at radius 3 is 2.64 bits per heavy atom. The average molecular weight is 195 g/mol. The molecule has 3 nitrogen and oxygen atoms in total. The maximum absolute atomic E-state index is 10.7. The van der Waals surface area contributed by atoms with Gasteiger partial charge in [0.25, 0.3) is 0 Å². The third kappa shape index (κ3) is 6.37. The molecule has 0 rings (SSSR count). The number of rotatable bonds is 4. The maximum Gasteiger partial charge on any atom is 0.229 e. The second-order valence-corrected chi connectivity index (χ2v) is 4.16. The van der Waals surface area contributed by atoms with Crippen LogP contribution in [0.5, 0.6) is 0 Å². The molecule has 2 atom stereocenters. The smallest absolute Gasteiger partial charge is 0.229 e. The maximum atomic E-state index is 10.7. The lowest BCUT2D eigenvalue weighted by Gasteiger charge is -2.10. The van der Waals surface area contributed by atoms with Crippen molar-refractivity contribution >= 4 is 29.3 Å². The van der Waals surface area contributed by atoms with Crippen molar-refractivity contribution in [3.05, 3.63) is 0 Å². The quantitative estimate of drug-likeness (QED) is 0.610. The van der Waals surface area contributed by atoms with E-state index in [1.54, 1.807) is 6.26 Å². The van der Waals surface area contributed by atoms with Crippen LogP contribution in [0.15, 0.2) is 0 Å². The van der Waals surface area contributed by atoms with Gasteiger partial charge >= 0.3 is 0 Å². The lowest BCUT2D eigenvalue weighted by molar-refractivity contribution is -0.118. The minimum atomic E-state index is -0.854. The van der Waals surface area contributed by atoms with E-state index in [9.17, 15) is 9.00 Å². The lowest BCUT2D eigenvalue weighted by Crippen LogP contribution is -2.36. The second kappa shape index (κ2) is 5.60. The van der Waals surface area contributed by atoms with Crippen molar-refractivity contribution in [1.82, 2.24) is 5.32 Å². The van der Waals surface area contributed by atoms with Crippen molar-refractivity contribution in [2.75, 3.05) is 17.8 Å². The summed E-state index contributed by atoms with van der Waals surface area (Å²) >= 11 is 3.79.